The lowest BCUT2D eigenvalue weighted by atomic mass is 10.1. The number of alkyl halides is 3. The molecule has 3 nitrogen and oxygen atoms in total. The third-order valence-electron chi connectivity index (χ3n) is 2.77. The van der Waals surface area contributed by atoms with Gasteiger partial charge in [-0.1, -0.05) is 6.07 Å². The molecule has 2 rings (SSSR count). The van der Waals surface area contributed by atoms with Crippen molar-refractivity contribution in [3.05, 3.63) is 59.9 Å². The van der Waals surface area contributed by atoms with Gasteiger partial charge in [0.2, 0.25) is 6.10 Å². The van der Waals surface area contributed by atoms with Crippen molar-refractivity contribution in [2.24, 2.45) is 0 Å². The van der Waals surface area contributed by atoms with E-state index in [1.807, 2.05) is 0 Å². The SMILES string of the molecule is CC(=O)c1ccc(OC(c2ccccn2)C(F)(F)F)cc1. The quantitative estimate of drug-likeness (QED) is 0.801. The molecule has 0 aliphatic rings. The molecular weight excluding hydrogens is 283 g/mol. The van der Waals surface area contributed by atoms with Crippen molar-refractivity contribution in [3.63, 3.8) is 0 Å². The fourth-order valence-electron chi connectivity index (χ4n) is 1.73. The summed E-state index contributed by atoms with van der Waals surface area (Å²) in [5.41, 5.74) is 0.185. The van der Waals surface area contributed by atoms with Crippen molar-refractivity contribution in [2.75, 3.05) is 0 Å². The Kier molecular flexibility index (Phi) is 4.26. The zero-order valence-electron chi connectivity index (χ0n) is 11.1. The number of pyridine rings is 1. The van der Waals surface area contributed by atoms with Crippen molar-refractivity contribution in [1.29, 1.82) is 0 Å². The Morgan fingerprint density at radius 2 is 1.81 bits per heavy atom. The van der Waals surface area contributed by atoms with Gasteiger partial charge in [0.1, 0.15) is 5.75 Å². The lowest BCUT2D eigenvalue weighted by molar-refractivity contribution is -0.199. The summed E-state index contributed by atoms with van der Waals surface area (Å²) in [6, 6.07) is 9.74. The van der Waals surface area contributed by atoms with Gasteiger partial charge in [0, 0.05) is 11.8 Å². The van der Waals surface area contributed by atoms with E-state index in [4.69, 9.17) is 4.74 Å². The normalized spacial score (nSPS) is 12.8. The van der Waals surface area contributed by atoms with E-state index in [1.54, 1.807) is 0 Å². The molecule has 21 heavy (non-hydrogen) atoms. The Bertz CT molecular complexity index is 609. The van der Waals surface area contributed by atoms with E-state index in [9.17, 15) is 18.0 Å². The summed E-state index contributed by atoms with van der Waals surface area (Å²) >= 11 is 0. The summed E-state index contributed by atoms with van der Waals surface area (Å²) in [7, 11) is 0. The van der Waals surface area contributed by atoms with E-state index in [1.165, 1.54) is 55.6 Å². The number of hydrogen-bond donors (Lipinski definition) is 0. The fourth-order valence-corrected chi connectivity index (χ4v) is 1.73. The van der Waals surface area contributed by atoms with Crippen LogP contribution in [0.3, 0.4) is 0 Å². The zero-order chi connectivity index (χ0) is 15.5. The van der Waals surface area contributed by atoms with Crippen molar-refractivity contribution >= 4 is 5.78 Å². The van der Waals surface area contributed by atoms with Crippen LogP contribution in [-0.4, -0.2) is 16.9 Å². The van der Waals surface area contributed by atoms with E-state index < -0.39 is 12.3 Å². The molecule has 6 heteroatoms. The van der Waals surface area contributed by atoms with Crippen molar-refractivity contribution < 1.29 is 22.7 Å². The molecule has 0 spiro atoms. The molecule has 0 saturated carbocycles. The van der Waals surface area contributed by atoms with Gasteiger partial charge < -0.3 is 4.74 Å². The molecule has 1 aromatic heterocycles. The van der Waals surface area contributed by atoms with Crippen LogP contribution in [0.5, 0.6) is 5.75 Å². The first kappa shape index (κ1) is 15.0. The second kappa shape index (κ2) is 5.95. The standard InChI is InChI=1S/C15H12F3NO2/c1-10(20)11-5-7-12(8-6-11)21-14(15(16,17)18)13-4-2-3-9-19-13/h2-9,14H,1H3. The van der Waals surface area contributed by atoms with Crippen LogP contribution in [0.4, 0.5) is 13.2 Å². The maximum Gasteiger partial charge on any atom is 0.431 e. The van der Waals surface area contributed by atoms with Crippen LogP contribution in [0.15, 0.2) is 48.7 Å². The third kappa shape index (κ3) is 3.81. The van der Waals surface area contributed by atoms with E-state index in [-0.39, 0.29) is 17.2 Å². The number of ether oxygens (including phenoxy) is 1. The minimum Gasteiger partial charge on any atom is -0.475 e. The van der Waals surface area contributed by atoms with E-state index in [2.05, 4.69) is 4.98 Å². The Labute approximate surface area is 119 Å². The summed E-state index contributed by atoms with van der Waals surface area (Å²) < 4.78 is 44.2. The number of benzene rings is 1. The molecule has 2 aromatic rings. The molecule has 110 valence electrons. The number of carbonyl (C=O) groups excluding carboxylic acids is 1. The molecule has 1 heterocycles. The first-order chi connectivity index (χ1) is 9.88. The lowest BCUT2D eigenvalue weighted by Crippen LogP contribution is -2.26. The van der Waals surface area contributed by atoms with Gasteiger partial charge >= 0.3 is 6.18 Å². The van der Waals surface area contributed by atoms with Gasteiger partial charge in [0.15, 0.2) is 5.78 Å². The van der Waals surface area contributed by atoms with Crippen LogP contribution >= 0.6 is 0 Å². The summed E-state index contributed by atoms with van der Waals surface area (Å²) in [6.07, 6.45) is -5.47. The van der Waals surface area contributed by atoms with Crippen LogP contribution in [0.25, 0.3) is 0 Å². The monoisotopic (exact) mass is 295 g/mol. The third-order valence-corrected chi connectivity index (χ3v) is 2.77. The lowest BCUT2D eigenvalue weighted by Gasteiger charge is -2.21. The van der Waals surface area contributed by atoms with Crippen LogP contribution < -0.4 is 4.74 Å². The Morgan fingerprint density at radius 1 is 1.14 bits per heavy atom. The fraction of sp³-hybridized carbons (Fsp3) is 0.200. The van der Waals surface area contributed by atoms with Crippen LogP contribution in [-0.2, 0) is 0 Å². The molecule has 0 N–H and O–H groups in total. The first-order valence-corrected chi connectivity index (χ1v) is 6.13. The van der Waals surface area contributed by atoms with Gasteiger partial charge in [-0.25, -0.2) is 0 Å². The smallest absolute Gasteiger partial charge is 0.431 e. The van der Waals surface area contributed by atoms with E-state index in [0.717, 1.165) is 0 Å². The van der Waals surface area contributed by atoms with Gasteiger partial charge in [-0.2, -0.15) is 13.2 Å². The van der Waals surface area contributed by atoms with E-state index in [0.29, 0.717) is 5.56 Å². The maximum atomic E-state index is 13.1. The number of carbonyl (C=O) groups is 1. The highest BCUT2D eigenvalue weighted by Crippen LogP contribution is 2.35. The zero-order valence-corrected chi connectivity index (χ0v) is 11.1. The predicted octanol–water partition coefficient (Wildman–Crippen LogP) is 3.97. The van der Waals surface area contributed by atoms with Gasteiger partial charge in [-0.3, -0.25) is 9.78 Å². The molecule has 0 saturated heterocycles. The van der Waals surface area contributed by atoms with Gasteiger partial charge in [0.05, 0.1) is 5.69 Å². The molecule has 0 amide bonds. The molecule has 0 aliphatic carbocycles. The van der Waals surface area contributed by atoms with Crippen LogP contribution in [0, 0.1) is 0 Å². The highest BCUT2D eigenvalue weighted by atomic mass is 19.4. The number of hydrogen-bond acceptors (Lipinski definition) is 3. The van der Waals surface area contributed by atoms with Gasteiger partial charge in [-0.05, 0) is 43.3 Å². The summed E-state index contributed by atoms with van der Waals surface area (Å²) in [6.45, 7) is 1.38. The number of rotatable bonds is 4. The molecule has 0 bridgehead atoms. The molecule has 0 fully saturated rings. The van der Waals surface area contributed by atoms with Crippen molar-refractivity contribution in [2.45, 2.75) is 19.2 Å². The average molecular weight is 295 g/mol. The molecule has 0 radical (unpaired) electrons. The van der Waals surface area contributed by atoms with Crippen LogP contribution in [0.2, 0.25) is 0 Å². The number of Topliss-reactive ketones (excluding diaryl/α,β-unsaturated/α-hetero) is 1. The molecule has 1 atom stereocenters. The summed E-state index contributed by atoms with van der Waals surface area (Å²) in [4.78, 5) is 14.8. The second-order valence-corrected chi connectivity index (χ2v) is 4.37. The molecular formula is C15H12F3NO2. The van der Waals surface area contributed by atoms with Gasteiger partial charge in [-0.15, -0.1) is 0 Å². The predicted molar refractivity (Wildman–Crippen MR) is 70.1 cm³/mol. The van der Waals surface area contributed by atoms with E-state index >= 15 is 0 Å². The second-order valence-electron chi connectivity index (χ2n) is 4.37. The topological polar surface area (TPSA) is 39.2 Å². The molecule has 1 unspecified atom stereocenters. The minimum absolute atomic E-state index is 0.0213. The van der Waals surface area contributed by atoms with Crippen molar-refractivity contribution in [1.82, 2.24) is 4.98 Å². The molecule has 1 aromatic carbocycles. The summed E-state index contributed by atoms with van der Waals surface area (Å²) in [5, 5.41) is 0. The first-order valence-electron chi connectivity index (χ1n) is 6.13. The number of ketones is 1. The van der Waals surface area contributed by atoms with Crippen molar-refractivity contribution in [3.8, 4) is 5.75 Å². The number of aromatic nitrogens is 1. The minimum atomic E-state index is -4.59. The largest absolute Gasteiger partial charge is 0.475 e. The Morgan fingerprint density at radius 3 is 2.29 bits per heavy atom. The average Bonchev–Trinajstić information content (AvgIpc) is 2.45. The number of halogens is 3. The Hall–Kier alpha value is -2.37. The highest BCUT2D eigenvalue weighted by molar-refractivity contribution is 5.94. The Balaban J connectivity index is 2.26. The van der Waals surface area contributed by atoms with Crippen LogP contribution in [0.1, 0.15) is 29.1 Å². The maximum absolute atomic E-state index is 13.1. The number of nitrogens with zero attached hydrogens (tertiary/aromatic N) is 1. The van der Waals surface area contributed by atoms with Gasteiger partial charge in [0.25, 0.3) is 0 Å². The molecule has 0 aliphatic heterocycles. The summed E-state index contributed by atoms with van der Waals surface area (Å²) in [5.74, 6) is -0.147. The highest BCUT2D eigenvalue weighted by Gasteiger charge is 2.44.